The summed E-state index contributed by atoms with van der Waals surface area (Å²) in [7, 11) is 0. The number of hydrogen-bond acceptors (Lipinski definition) is 3. The molecule has 0 saturated heterocycles. The number of benzene rings is 1. The van der Waals surface area contributed by atoms with E-state index in [1.54, 1.807) is 0 Å². The molecular weight excluding hydrogens is 366 g/mol. The lowest BCUT2D eigenvalue weighted by Crippen LogP contribution is -2.52. The normalized spacial score (nSPS) is 32.3. The minimum Gasteiger partial charge on any atom is -0.373 e. The fourth-order valence-electron chi connectivity index (χ4n) is 5.88. The second-order valence-corrected chi connectivity index (χ2v) is 9.88. The van der Waals surface area contributed by atoms with Gasteiger partial charge in [0.2, 0.25) is 0 Å². The Kier molecular flexibility index (Phi) is 4.26. The van der Waals surface area contributed by atoms with Gasteiger partial charge in [0.1, 0.15) is 4.88 Å². The largest absolute Gasteiger partial charge is 0.373 e. The molecule has 2 aromatic rings. The van der Waals surface area contributed by atoms with E-state index >= 15 is 0 Å². The van der Waals surface area contributed by atoms with Crippen LogP contribution in [0.4, 0.5) is 0 Å². The Bertz CT molecular complexity index is 810. The van der Waals surface area contributed by atoms with Crippen molar-refractivity contribution in [2.45, 2.75) is 44.1 Å². The lowest BCUT2D eigenvalue weighted by atomic mass is 9.54. The van der Waals surface area contributed by atoms with Gasteiger partial charge in [-0.15, -0.1) is 11.3 Å². The van der Waals surface area contributed by atoms with Gasteiger partial charge in [0.25, 0.3) is 5.91 Å². The van der Waals surface area contributed by atoms with Gasteiger partial charge in [-0.05, 0) is 62.3 Å². The monoisotopic (exact) mass is 389 g/mol. The van der Waals surface area contributed by atoms with E-state index in [2.05, 4.69) is 5.32 Å². The van der Waals surface area contributed by atoms with Gasteiger partial charge in [0, 0.05) is 16.6 Å². The zero-order chi connectivity index (χ0) is 17.7. The molecule has 0 atom stereocenters. The van der Waals surface area contributed by atoms with E-state index in [1.807, 2.05) is 24.3 Å². The van der Waals surface area contributed by atoms with Crippen LogP contribution in [0.15, 0.2) is 24.3 Å². The molecule has 4 saturated carbocycles. The summed E-state index contributed by atoms with van der Waals surface area (Å²) in [6, 6.07) is 7.87. The van der Waals surface area contributed by atoms with Crippen LogP contribution in [0.1, 0.15) is 48.2 Å². The van der Waals surface area contributed by atoms with E-state index in [0.717, 1.165) is 27.8 Å². The summed E-state index contributed by atoms with van der Waals surface area (Å²) in [5.41, 5.74) is 0.106. The molecule has 4 bridgehead atoms. The first kappa shape index (κ1) is 17.0. The van der Waals surface area contributed by atoms with Gasteiger partial charge < -0.3 is 10.1 Å². The number of amides is 1. The van der Waals surface area contributed by atoms with Crippen molar-refractivity contribution < 1.29 is 9.53 Å². The number of hydrogen-bond donors (Lipinski definition) is 1. The molecule has 0 aliphatic heterocycles. The number of fused-ring (bicyclic) bond motifs is 1. The first-order chi connectivity index (χ1) is 12.6. The molecule has 0 unspecified atom stereocenters. The summed E-state index contributed by atoms with van der Waals surface area (Å²) in [5.74, 6) is 2.56. The molecule has 1 amide bonds. The summed E-state index contributed by atoms with van der Waals surface area (Å²) < 4.78 is 7.42. The van der Waals surface area contributed by atoms with E-state index in [4.69, 9.17) is 16.3 Å². The van der Waals surface area contributed by atoms with Crippen molar-refractivity contribution >= 4 is 38.9 Å². The summed E-state index contributed by atoms with van der Waals surface area (Å²) in [6.45, 7) is 1.14. The number of ether oxygens (including phenoxy) is 1. The highest BCUT2D eigenvalue weighted by molar-refractivity contribution is 7.21. The molecule has 1 aromatic heterocycles. The van der Waals surface area contributed by atoms with Crippen molar-refractivity contribution in [3.8, 4) is 0 Å². The zero-order valence-electron chi connectivity index (χ0n) is 14.8. The molecule has 1 N–H and O–H groups in total. The van der Waals surface area contributed by atoms with Crippen LogP contribution in [0.2, 0.25) is 5.02 Å². The molecule has 4 fully saturated rings. The van der Waals surface area contributed by atoms with E-state index in [1.165, 1.54) is 49.9 Å². The fraction of sp³-hybridized carbons (Fsp3) is 0.571. The Labute approximate surface area is 163 Å². The van der Waals surface area contributed by atoms with Crippen LogP contribution in [0.3, 0.4) is 0 Å². The van der Waals surface area contributed by atoms with Crippen LogP contribution in [-0.2, 0) is 4.74 Å². The zero-order valence-corrected chi connectivity index (χ0v) is 16.4. The maximum atomic E-state index is 12.5. The van der Waals surface area contributed by atoms with Crippen LogP contribution in [-0.4, -0.2) is 24.7 Å². The molecule has 1 heterocycles. The van der Waals surface area contributed by atoms with Gasteiger partial charge in [-0.2, -0.15) is 0 Å². The SMILES string of the molecule is O=C(NCCOC12CC3CC(CC(C3)C1)C2)c1sc2ccccc2c1Cl. The number of carbonyl (C=O) groups is 1. The Morgan fingerprint density at radius 1 is 1.15 bits per heavy atom. The summed E-state index contributed by atoms with van der Waals surface area (Å²) in [5, 5.41) is 4.51. The number of nitrogens with one attached hydrogen (secondary N) is 1. The maximum Gasteiger partial charge on any atom is 0.263 e. The van der Waals surface area contributed by atoms with Crippen molar-refractivity contribution in [1.82, 2.24) is 5.32 Å². The summed E-state index contributed by atoms with van der Waals surface area (Å²) in [6.07, 6.45) is 7.95. The number of rotatable bonds is 5. The molecule has 0 spiro atoms. The Balaban J connectivity index is 1.18. The van der Waals surface area contributed by atoms with Crippen LogP contribution < -0.4 is 5.32 Å². The molecule has 4 aliphatic rings. The molecular formula is C21H24ClNO2S. The molecule has 0 radical (unpaired) electrons. The smallest absolute Gasteiger partial charge is 0.263 e. The third-order valence-electron chi connectivity index (χ3n) is 6.52. The van der Waals surface area contributed by atoms with Crippen molar-refractivity contribution in [2.24, 2.45) is 17.8 Å². The van der Waals surface area contributed by atoms with Crippen LogP contribution in [0, 0.1) is 17.8 Å². The van der Waals surface area contributed by atoms with Gasteiger partial charge in [0.05, 0.1) is 17.2 Å². The second kappa shape index (κ2) is 6.50. The lowest BCUT2D eigenvalue weighted by molar-refractivity contribution is -0.160. The minimum absolute atomic E-state index is 0.0923. The minimum atomic E-state index is -0.0923. The van der Waals surface area contributed by atoms with Gasteiger partial charge in [-0.1, -0.05) is 29.8 Å². The predicted molar refractivity (Wildman–Crippen MR) is 106 cm³/mol. The molecule has 1 aromatic carbocycles. The summed E-state index contributed by atoms with van der Waals surface area (Å²) in [4.78, 5) is 13.1. The van der Waals surface area contributed by atoms with Gasteiger partial charge in [0.15, 0.2) is 0 Å². The lowest BCUT2D eigenvalue weighted by Gasteiger charge is -2.56. The quantitative estimate of drug-likeness (QED) is 0.707. The first-order valence-corrected chi connectivity index (χ1v) is 10.9. The van der Waals surface area contributed by atoms with Gasteiger partial charge in [-0.25, -0.2) is 0 Å². The molecule has 5 heteroatoms. The predicted octanol–water partition coefficient (Wildman–Crippen LogP) is 5.27. The summed E-state index contributed by atoms with van der Waals surface area (Å²) >= 11 is 7.85. The van der Waals surface area contributed by atoms with Crippen LogP contribution >= 0.6 is 22.9 Å². The van der Waals surface area contributed by atoms with Crippen molar-refractivity contribution in [3.05, 3.63) is 34.2 Å². The Hall–Kier alpha value is -1.10. The average molecular weight is 390 g/mol. The molecule has 3 nitrogen and oxygen atoms in total. The molecule has 6 rings (SSSR count). The molecule has 138 valence electrons. The van der Waals surface area contributed by atoms with E-state index < -0.39 is 0 Å². The maximum absolute atomic E-state index is 12.5. The number of halogens is 1. The molecule has 26 heavy (non-hydrogen) atoms. The first-order valence-electron chi connectivity index (χ1n) is 9.71. The standard InChI is InChI=1S/C21H24ClNO2S/c22-18-16-3-1-2-4-17(16)26-19(18)20(24)23-5-6-25-21-10-13-7-14(11-21)9-15(8-13)12-21/h1-4,13-15H,5-12H2,(H,23,24). The third-order valence-corrected chi connectivity index (χ3v) is 8.19. The van der Waals surface area contributed by atoms with E-state index in [9.17, 15) is 4.79 Å². The Morgan fingerprint density at radius 2 is 1.81 bits per heavy atom. The van der Waals surface area contributed by atoms with Crippen molar-refractivity contribution in [1.29, 1.82) is 0 Å². The highest BCUT2D eigenvalue weighted by Crippen LogP contribution is 2.57. The van der Waals surface area contributed by atoms with Crippen LogP contribution in [0.5, 0.6) is 0 Å². The Morgan fingerprint density at radius 3 is 2.46 bits per heavy atom. The van der Waals surface area contributed by atoms with Gasteiger partial charge in [-0.3, -0.25) is 4.79 Å². The van der Waals surface area contributed by atoms with E-state index in [-0.39, 0.29) is 11.5 Å². The second-order valence-electron chi connectivity index (χ2n) is 8.45. The molecule has 4 aliphatic carbocycles. The van der Waals surface area contributed by atoms with Crippen molar-refractivity contribution in [3.63, 3.8) is 0 Å². The van der Waals surface area contributed by atoms with E-state index in [0.29, 0.717) is 23.1 Å². The van der Waals surface area contributed by atoms with Gasteiger partial charge >= 0.3 is 0 Å². The number of thiophene rings is 1. The van der Waals surface area contributed by atoms with Crippen molar-refractivity contribution in [2.75, 3.05) is 13.2 Å². The highest BCUT2D eigenvalue weighted by atomic mass is 35.5. The highest BCUT2D eigenvalue weighted by Gasteiger charge is 2.51. The topological polar surface area (TPSA) is 38.3 Å². The fourth-order valence-corrected chi connectivity index (χ4v) is 7.31. The average Bonchev–Trinajstić information content (AvgIpc) is 2.95. The number of carbonyl (C=O) groups excluding carboxylic acids is 1. The van der Waals surface area contributed by atoms with Crippen LogP contribution in [0.25, 0.3) is 10.1 Å². The third kappa shape index (κ3) is 2.96.